The summed E-state index contributed by atoms with van der Waals surface area (Å²) in [5.41, 5.74) is 5.30. The van der Waals surface area contributed by atoms with E-state index < -0.39 is 0 Å². The average Bonchev–Trinajstić information content (AvgIpc) is 3.54. The van der Waals surface area contributed by atoms with E-state index in [4.69, 9.17) is 4.42 Å². The summed E-state index contributed by atoms with van der Waals surface area (Å²) in [6, 6.07) is 27.3. The molecule has 6 rings (SSSR count). The van der Waals surface area contributed by atoms with Crippen molar-refractivity contribution in [3.63, 3.8) is 0 Å². The van der Waals surface area contributed by atoms with Gasteiger partial charge in [0, 0.05) is 24.2 Å². The van der Waals surface area contributed by atoms with Crippen LogP contribution in [0.3, 0.4) is 0 Å². The second-order valence-electron chi connectivity index (χ2n) is 9.61. The van der Waals surface area contributed by atoms with E-state index in [2.05, 4.69) is 53.4 Å². The molecule has 4 aromatic rings. The van der Waals surface area contributed by atoms with Crippen LogP contribution in [0.15, 0.2) is 95.6 Å². The van der Waals surface area contributed by atoms with Crippen LogP contribution in [0.5, 0.6) is 0 Å². The zero-order chi connectivity index (χ0) is 23.8. The van der Waals surface area contributed by atoms with Crippen LogP contribution in [-0.2, 0) is 12.0 Å². The minimum absolute atomic E-state index is 0.168. The van der Waals surface area contributed by atoms with Crippen molar-refractivity contribution in [2.45, 2.75) is 24.8 Å². The van der Waals surface area contributed by atoms with Crippen LogP contribution in [0.2, 0.25) is 0 Å². The van der Waals surface area contributed by atoms with Gasteiger partial charge < -0.3 is 9.32 Å². The minimum Gasteiger partial charge on any atom is -0.459 e. The van der Waals surface area contributed by atoms with Crippen molar-refractivity contribution in [1.29, 1.82) is 0 Å². The number of amides is 1. The molecule has 35 heavy (non-hydrogen) atoms. The maximum Gasteiger partial charge on any atom is 0.293 e. The number of benzene rings is 3. The summed E-state index contributed by atoms with van der Waals surface area (Å²) in [5, 5.41) is 0. The summed E-state index contributed by atoms with van der Waals surface area (Å²) in [7, 11) is 0. The lowest BCUT2D eigenvalue weighted by molar-refractivity contribution is 0.0949. The van der Waals surface area contributed by atoms with Crippen molar-refractivity contribution in [1.82, 2.24) is 4.90 Å². The number of carbonyl (C=O) groups is 1. The zero-order valence-corrected chi connectivity index (χ0v) is 19.5. The number of fused-ring (bicyclic) bond motifs is 2. The Morgan fingerprint density at radius 3 is 2.46 bits per heavy atom. The van der Waals surface area contributed by atoms with Crippen LogP contribution in [-0.4, -0.2) is 30.4 Å². The van der Waals surface area contributed by atoms with Gasteiger partial charge in [-0.05, 0) is 78.5 Å². The van der Waals surface area contributed by atoms with Crippen molar-refractivity contribution in [2.75, 3.05) is 24.5 Å². The smallest absolute Gasteiger partial charge is 0.293 e. The molecule has 0 aliphatic carbocycles. The third-order valence-electron chi connectivity index (χ3n) is 7.57. The Labute approximate surface area is 204 Å². The maximum absolute atomic E-state index is 14.3. The molecule has 1 aromatic heterocycles. The SMILES string of the molecule is O=C(c1ccco1)N1CC2(CCN(Cc3ccccc3-c3ccccc3)CC2)c2cc(F)ccc21. The van der Waals surface area contributed by atoms with E-state index in [1.165, 1.54) is 29.0 Å². The van der Waals surface area contributed by atoms with Gasteiger partial charge in [0.2, 0.25) is 0 Å². The van der Waals surface area contributed by atoms with Crippen LogP contribution in [0.4, 0.5) is 10.1 Å². The third kappa shape index (κ3) is 3.96. The summed E-state index contributed by atoms with van der Waals surface area (Å²) in [6.45, 7) is 3.20. The number of hydrogen-bond acceptors (Lipinski definition) is 3. The second kappa shape index (κ2) is 8.82. The number of carbonyl (C=O) groups excluding carboxylic acids is 1. The average molecular weight is 467 g/mol. The molecule has 3 aromatic carbocycles. The molecule has 5 heteroatoms. The molecule has 0 radical (unpaired) electrons. The first-order chi connectivity index (χ1) is 17.1. The van der Waals surface area contributed by atoms with E-state index in [0.29, 0.717) is 12.3 Å². The van der Waals surface area contributed by atoms with Gasteiger partial charge in [0.05, 0.1) is 6.26 Å². The van der Waals surface area contributed by atoms with Crippen LogP contribution in [0.25, 0.3) is 11.1 Å². The summed E-state index contributed by atoms with van der Waals surface area (Å²) in [5.74, 6) is -0.110. The molecule has 1 spiro atoms. The molecule has 2 aliphatic heterocycles. The monoisotopic (exact) mass is 466 g/mol. The molecule has 176 valence electrons. The van der Waals surface area contributed by atoms with Crippen LogP contribution in [0.1, 0.15) is 34.5 Å². The van der Waals surface area contributed by atoms with Crippen LogP contribution < -0.4 is 4.90 Å². The van der Waals surface area contributed by atoms with Crippen molar-refractivity contribution >= 4 is 11.6 Å². The maximum atomic E-state index is 14.3. The largest absolute Gasteiger partial charge is 0.459 e. The summed E-state index contributed by atoms with van der Waals surface area (Å²) >= 11 is 0. The standard InChI is InChI=1S/C30H27FN2O2/c31-24-12-13-27-26(19-24)30(21-33(27)29(34)28-11-6-18-35-28)14-16-32(17-15-30)20-23-9-4-5-10-25(23)22-7-2-1-3-8-22/h1-13,18-19H,14-17,20-21H2. The number of furan rings is 1. The Bertz CT molecular complexity index is 1340. The quantitative estimate of drug-likeness (QED) is 0.355. The highest BCUT2D eigenvalue weighted by molar-refractivity contribution is 6.06. The number of piperidine rings is 1. The van der Waals surface area contributed by atoms with Crippen molar-refractivity contribution in [3.05, 3.63) is 114 Å². The molecule has 3 heterocycles. The zero-order valence-electron chi connectivity index (χ0n) is 19.5. The Kier molecular flexibility index (Phi) is 5.50. The highest BCUT2D eigenvalue weighted by Crippen LogP contribution is 2.48. The Morgan fingerprint density at radius 2 is 1.69 bits per heavy atom. The lowest BCUT2D eigenvalue weighted by atomic mass is 9.74. The normalized spacial score (nSPS) is 17.0. The highest BCUT2D eigenvalue weighted by atomic mass is 19.1. The van der Waals surface area contributed by atoms with Gasteiger partial charge in [0.25, 0.3) is 5.91 Å². The molecular formula is C30H27FN2O2. The van der Waals surface area contributed by atoms with E-state index in [1.807, 2.05) is 6.07 Å². The van der Waals surface area contributed by atoms with Gasteiger partial charge in [-0.3, -0.25) is 9.69 Å². The van der Waals surface area contributed by atoms with Gasteiger partial charge in [-0.15, -0.1) is 0 Å². The number of rotatable bonds is 4. The predicted octanol–water partition coefficient (Wildman–Crippen LogP) is 6.28. The first-order valence-corrected chi connectivity index (χ1v) is 12.1. The number of nitrogens with zero attached hydrogens (tertiary/aromatic N) is 2. The van der Waals surface area contributed by atoms with E-state index >= 15 is 0 Å². The summed E-state index contributed by atoms with van der Waals surface area (Å²) in [6.07, 6.45) is 3.26. The van der Waals surface area contributed by atoms with Gasteiger partial charge in [0.1, 0.15) is 5.82 Å². The Balaban J connectivity index is 1.23. The van der Waals surface area contributed by atoms with Gasteiger partial charge in [0.15, 0.2) is 5.76 Å². The van der Waals surface area contributed by atoms with E-state index in [1.54, 1.807) is 29.2 Å². The van der Waals surface area contributed by atoms with E-state index in [-0.39, 0.29) is 17.1 Å². The molecule has 1 saturated heterocycles. The van der Waals surface area contributed by atoms with Crippen molar-refractivity contribution < 1.29 is 13.6 Å². The second-order valence-corrected chi connectivity index (χ2v) is 9.61. The molecule has 1 fully saturated rings. The molecule has 0 N–H and O–H groups in total. The van der Waals surface area contributed by atoms with Crippen LogP contribution >= 0.6 is 0 Å². The van der Waals surface area contributed by atoms with E-state index in [0.717, 1.165) is 43.7 Å². The molecule has 2 aliphatic rings. The molecule has 0 atom stereocenters. The first kappa shape index (κ1) is 21.8. The molecule has 0 saturated carbocycles. The minimum atomic E-state index is -0.255. The van der Waals surface area contributed by atoms with Gasteiger partial charge in [-0.2, -0.15) is 0 Å². The number of halogens is 1. The number of anilines is 1. The first-order valence-electron chi connectivity index (χ1n) is 12.1. The Hall–Kier alpha value is -3.70. The third-order valence-corrected chi connectivity index (χ3v) is 7.57. The summed E-state index contributed by atoms with van der Waals surface area (Å²) in [4.78, 5) is 17.4. The predicted molar refractivity (Wildman–Crippen MR) is 135 cm³/mol. The molecule has 0 unspecified atom stereocenters. The Morgan fingerprint density at radius 1 is 0.914 bits per heavy atom. The topological polar surface area (TPSA) is 36.7 Å². The van der Waals surface area contributed by atoms with Crippen LogP contribution in [0, 0.1) is 5.82 Å². The fraction of sp³-hybridized carbons (Fsp3) is 0.233. The fourth-order valence-electron chi connectivity index (χ4n) is 5.72. The molecular weight excluding hydrogens is 439 g/mol. The summed E-state index contributed by atoms with van der Waals surface area (Å²) < 4.78 is 19.7. The van der Waals surface area contributed by atoms with Crippen molar-refractivity contribution in [3.8, 4) is 11.1 Å². The fourth-order valence-corrected chi connectivity index (χ4v) is 5.72. The van der Waals surface area contributed by atoms with Gasteiger partial charge in [-0.1, -0.05) is 54.6 Å². The lowest BCUT2D eigenvalue weighted by Crippen LogP contribution is -2.45. The number of hydrogen-bond donors (Lipinski definition) is 0. The van der Waals surface area contributed by atoms with E-state index in [9.17, 15) is 9.18 Å². The highest BCUT2D eigenvalue weighted by Gasteiger charge is 2.47. The molecule has 4 nitrogen and oxygen atoms in total. The molecule has 1 amide bonds. The number of likely N-dealkylation sites (tertiary alicyclic amines) is 1. The van der Waals surface area contributed by atoms with Gasteiger partial charge in [-0.25, -0.2) is 4.39 Å². The lowest BCUT2D eigenvalue weighted by Gasteiger charge is -2.40. The molecule has 0 bridgehead atoms. The van der Waals surface area contributed by atoms with Gasteiger partial charge >= 0.3 is 0 Å². The van der Waals surface area contributed by atoms with Crippen molar-refractivity contribution in [2.24, 2.45) is 0 Å².